The third-order valence-electron chi connectivity index (χ3n) is 4.60. The van der Waals surface area contributed by atoms with Crippen LogP contribution in [-0.4, -0.2) is 23.5 Å². The molecular weight excluding hydrogens is 262 g/mol. The number of carbonyl (C=O) groups excluding carboxylic acids is 1. The number of benzene rings is 1. The number of fused-ring (bicyclic) bond motifs is 1. The van der Waals surface area contributed by atoms with E-state index in [9.17, 15) is 4.79 Å². The van der Waals surface area contributed by atoms with Crippen molar-refractivity contribution in [2.45, 2.75) is 38.1 Å². The van der Waals surface area contributed by atoms with E-state index in [1.54, 1.807) is 0 Å². The van der Waals surface area contributed by atoms with Crippen molar-refractivity contribution < 1.29 is 4.79 Å². The molecule has 1 atom stereocenters. The Labute approximate surface area is 125 Å². The van der Waals surface area contributed by atoms with Gasteiger partial charge in [0.2, 0.25) is 0 Å². The molecule has 0 bridgehead atoms. The van der Waals surface area contributed by atoms with Crippen molar-refractivity contribution in [2.75, 3.05) is 6.54 Å². The number of rotatable bonds is 4. The van der Waals surface area contributed by atoms with Gasteiger partial charge in [-0.2, -0.15) is 0 Å². The monoisotopic (exact) mass is 285 g/mol. The van der Waals surface area contributed by atoms with Crippen molar-refractivity contribution in [3.8, 4) is 0 Å². The number of amides is 1. The average molecular weight is 285 g/mol. The Bertz CT molecular complexity index is 613. The second-order valence-electron chi connectivity index (χ2n) is 5.99. The smallest absolute Gasteiger partial charge is 0.251 e. The summed E-state index contributed by atoms with van der Waals surface area (Å²) in [6.45, 7) is 0.517. The minimum Gasteiger partial charge on any atom is -0.361 e. The van der Waals surface area contributed by atoms with E-state index in [4.69, 9.17) is 5.73 Å². The number of hydrogen-bond acceptors (Lipinski definition) is 2. The molecule has 4 heteroatoms. The maximum absolute atomic E-state index is 12.4. The zero-order chi connectivity index (χ0) is 14.7. The number of hydrogen-bond donors (Lipinski definition) is 3. The molecule has 3 rings (SSSR count). The van der Waals surface area contributed by atoms with Gasteiger partial charge in [-0.25, -0.2) is 0 Å². The molecule has 1 amide bonds. The molecule has 1 unspecified atom stereocenters. The van der Waals surface area contributed by atoms with Crippen LogP contribution >= 0.6 is 0 Å². The van der Waals surface area contributed by atoms with Crippen LogP contribution in [0.2, 0.25) is 0 Å². The molecule has 2 aromatic rings. The summed E-state index contributed by atoms with van der Waals surface area (Å²) in [5.74, 6) is 0.516. The van der Waals surface area contributed by atoms with E-state index in [1.807, 2.05) is 30.5 Å². The van der Waals surface area contributed by atoms with Crippen LogP contribution < -0.4 is 11.1 Å². The third-order valence-corrected chi connectivity index (χ3v) is 4.60. The van der Waals surface area contributed by atoms with E-state index in [2.05, 4.69) is 10.3 Å². The lowest BCUT2D eigenvalue weighted by Crippen LogP contribution is -2.45. The van der Waals surface area contributed by atoms with Crippen LogP contribution in [0.4, 0.5) is 0 Å². The highest BCUT2D eigenvalue weighted by atomic mass is 16.1. The third kappa shape index (κ3) is 3.10. The van der Waals surface area contributed by atoms with Crippen molar-refractivity contribution in [1.29, 1.82) is 0 Å². The highest BCUT2D eigenvalue weighted by Crippen LogP contribution is 2.26. The van der Waals surface area contributed by atoms with Crippen LogP contribution in [0.1, 0.15) is 42.5 Å². The van der Waals surface area contributed by atoms with Gasteiger partial charge in [-0.05, 0) is 43.0 Å². The Balaban J connectivity index is 1.71. The predicted octanol–water partition coefficient (Wildman–Crippen LogP) is 2.81. The van der Waals surface area contributed by atoms with Gasteiger partial charge in [-0.15, -0.1) is 0 Å². The first-order valence-electron chi connectivity index (χ1n) is 7.86. The minimum absolute atomic E-state index is 0.0147. The van der Waals surface area contributed by atoms with Crippen LogP contribution in [0.15, 0.2) is 30.5 Å². The number of aromatic nitrogens is 1. The second-order valence-corrected chi connectivity index (χ2v) is 5.99. The first kappa shape index (κ1) is 14.1. The Morgan fingerprint density at radius 1 is 1.29 bits per heavy atom. The van der Waals surface area contributed by atoms with Gasteiger partial charge in [0.25, 0.3) is 5.91 Å². The SMILES string of the molecule is NCC(NC(=O)c1ccc2[nH]ccc2c1)C1CCCCC1. The summed E-state index contributed by atoms with van der Waals surface area (Å²) >= 11 is 0. The van der Waals surface area contributed by atoms with Gasteiger partial charge in [0, 0.05) is 35.2 Å². The molecule has 4 N–H and O–H groups in total. The Morgan fingerprint density at radius 3 is 2.86 bits per heavy atom. The lowest BCUT2D eigenvalue weighted by molar-refractivity contribution is 0.0915. The lowest BCUT2D eigenvalue weighted by Gasteiger charge is -2.30. The van der Waals surface area contributed by atoms with E-state index in [1.165, 1.54) is 32.1 Å². The molecule has 112 valence electrons. The zero-order valence-corrected chi connectivity index (χ0v) is 12.3. The fourth-order valence-corrected chi connectivity index (χ4v) is 3.35. The van der Waals surface area contributed by atoms with E-state index in [-0.39, 0.29) is 11.9 Å². The van der Waals surface area contributed by atoms with Gasteiger partial charge >= 0.3 is 0 Å². The van der Waals surface area contributed by atoms with E-state index < -0.39 is 0 Å². The Hall–Kier alpha value is -1.81. The molecule has 1 saturated carbocycles. The van der Waals surface area contributed by atoms with Gasteiger partial charge in [-0.1, -0.05) is 19.3 Å². The molecule has 1 aromatic carbocycles. The average Bonchev–Trinajstić information content (AvgIpc) is 3.00. The number of carbonyl (C=O) groups is 1. The Kier molecular flexibility index (Phi) is 4.25. The van der Waals surface area contributed by atoms with Crippen LogP contribution in [0.3, 0.4) is 0 Å². The highest BCUT2D eigenvalue weighted by molar-refractivity contribution is 5.98. The largest absolute Gasteiger partial charge is 0.361 e. The van der Waals surface area contributed by atoms with Crippen molar-refractivity contribution in [1.82, 2.24) is 10.3 Å². The zero-order valence-electron chi connectivity index (χ0n) is 12.3. The van der Waals surface area contributed by atoms with Crippen molar-refractivity contribution in [2.24, 2.45) is 11.7 Å². The molecule has 0 aliphatic heterocycles. The summed E-state index contributed by atoms with van der Waals surface area (Å²) in [6, 6.07) is 7.81. The maximum atomic E-state index is 12.4. The van der Waals surface area contributed by atoms with Crippen LogP contribution in [0.25, 0.3) is 10.9 Å². The van der Waals surface area contributed by atoms with Crippen LogP contribution in [-0.2, 0) is 0 Å². The first-order chi connectivity index (χ1) is 10.3. The van der Waals surface area contributed by atoms with Crippen molar-refractivity contribution >= 4 is 16.8 Å². The van der Waals surface area contributed by atoms with Crippen molar-refractivity contribution in [3.05, 3.63) is 36.0 Å². The number of nitrogens with one attached hydrogen (secondary N) is 2. The van der Waals surface area contributed by atoms with E-state index in [0.717, 1.165) is 10.9 Å². The predicted molar refractivity (Wildman–Crippen MR) is 85.2 cm³/mol. The number of aromatic amines is 1. The van der Waals surface area contributed by atoms with E-state index >= 15 is 0 Å². The van der Waals surface area contributed by atoms with Gasteiger partial charge in [0.15, 0.2) is 0 Å². The highest BCUT2D eigenvalue weighted by Gasteiger charge is 2.24. The summed E-state index contributed by atoms with van der Waals surface area (Å²) in [7, 11) is 0. The molecule has 0 spiro atoms. The molecule has 1 aliphatic carbocycles. The Morgan fingerprint density at radius 2 is 2.10 bits per heavy atom. The van der Waals surface area contributed by atoms with Gasteiger partial charge in [-0.3, -0.25) is 4.79 Å². The molecule has 4 nitrogen and oxygen atoms in total. The summed E-state index contributed by atoms with van der Waals surface area (Å²) < 4.78 is 0. The molecule has 21 heavy (non-hydrogen) atoms. The van der Waals surface area contributed by atoms with Crippen molar-refractivity contribution in [3.63, 3.8) is 0 Å². The molecule has 1 aromatic heterocycles. The number of H-pyrrole nitrogens is 1. The summed E-state index contributed by atoms with van der Waals surface area (Å²) in [4.78, 5) is 15.6. The molecule has 0 radical (unpaired) electrons. The molecular formula is C17H23N3O. The second kappa shape index (κ2) is 6.31. The molecule has 1 aliphatic rings. The molecule has 1 fully saturated rings. The van der Waals surface area contributed by atoms with Crippen LogP contribution in [0, 0.1) is 5.92 Å². The fraction of sp³-hybridized carbons (Fsp3) is 0.471. The normalized spacial score (nSPS) is 17.8. The summed E-state index contributed by atoms with van der Waals surface area (Å²) in [5, 5.41) is 4.20. The van der Waals surface area contributed by atoms with Crippen LogP contribution in [0.5, 0.6) is 0 Å². The van der Waals surface area contributed by atoms with Gasteiger partial charge in [0.1, 0.15) is 0 Å². The quantitative estimate of drug-likeness (QED) is 0.808. The topological polar surface area (TPSA) is 70.9 Å². The van der Waals surface area contributed by atoms with Gasteiger partial charge in [0.05, 0.1) is 0 Å². The molecule has 0 saturated heterocycles. The standard InChI is InChI=1S/C17H23N3O/c18-11-16(12-4-2-1-3-5-12)20-17(21)14-6-7-15-13(10-14)8-9-19-15/h6-10,12,16,19H,1-5,11,18H2,(H,20,21). The summed E-state index contributed by atoms with van der Waals surface area (Å²) in [5.41, 5.74) is 7.64. The van der Waals surface area contributed by atoms with Gasteiger partial charge < -0.3 is 16.0 Å². The maximum Gasteiger partial charge on any atom is 0.251 e. The summed E-state index contributed by atoms with van der Waals surface area (Å²) in [6.07, 6.45) is 8.07. The van der Waals surface area contributed by atoms with E-state index in [0.29, 0.717) is 18.0 Å². The first-order valence-corrected chi connectivity index (χ1v) is 7.86. The lowest BCUT2D eigenvalue weighted by atomic mass is 9.84. The fourth-order valence-electron chi connectivity index (χ4n) is 3.35. The molecule has 1 heterocycles. The minimum atomic E-state index is -0.0147. The number of nitrogens with two attached hydrogens (primary N) is 1.